The van der Waals surface area contributed by atoms with Crippen molar-refractivity contribution in [1.29, 1.82) is 0 Å². The van der Waals surface area contributed by atoms with Gasteiger partial charge >= 0.3 is 52.4 Å². The van der Waals surface area contributed by atoms with Crippen molar-refractivity contribution < 1.29 is 4.43 Å². The van der Waals surface area contributed by atoms with Gasteiger partial charge in [-0.3, -0.25) is 0 Å². The summed E-state index contributed by atoms with van der Waals surface area (Å²) < 4.78 is 5.38. The molecule has 0 saturated heterocycles. The Morgan fingerprint density at radius 1 is 1.38 bits per heavy atom. The van der Waals surface area contributed by atoms with Gasteiger partial charge in [0.25, 0.3) is 0 Å². The summed E-state index contributed by atoms with van der Waals surface area (Å²) in [6, 6.07) is 0. The molecule has 0 spiro atoms. The van der Waals surface area contributed by atoms with Gasteiger partial charge in [-0.05, 0) is 0 Å². The molecule has 0 aliphatic carbocycles. The zero-order valence-corrected chi connectivity index (χ0v) is 7.12. The first kappa shape index (κ1) is 7.95. The van der Waals surface area contributed by atoms with E-state index >= 15 is 0 Å². The molecule has 0 N–H and O–H groups in total. The molecule has 0 aromatic heterocycles. The van der Waals surface area contributed by atoms with E-state index in [1.54, 1.807) is 0 Å². The summed E-state index contributed by atoms with van der Waals surface area (Å²) in [6.07, 6.45) is 0. The molecular weight excluding hydrogens is 115 g/mol. The van der Waals surface area contributed by atoms with E-state index in [2.05, 4.69) is 27.1 Å². The van der Waals surface area contributed by atoms with Crippen molar-refractivity contribution in [3.05, 3.63) is 0 Å². The van der Waals surface area contributed by atoms with E-state index in [1.165, 1.54) is 0 Å². The zero-order valence-electron chi connectivity index (χ0n) is 6.12. The van der Waals surface area contributed by atoms with Crippen LogP contribution in [0.25, 0.3) is 0 Å². The van der Waals surface area contributed by atoms with Crippen molar-refractivity contribution in [2.45, 2.75) is 26.6 Å². The van der Waals surface area contributed by atoms with E-state index < -0.39 is 8.32 Å². The van der Waals surface area contributed by atoms with Gasteiger partial charge < -0.3 is 0 Å². The van der Waals surface area contributed by atoms with Gasteiger partial charge in [0.05, 0.1) is 0 Å². The Bertz CT molecular complexity index is 95.1. The van der Waals surface area contributed by atoms with E-state index in [4.69, 9.17) is 4.43 Å². The van der Waals surface area contributed by atoms with E-state index in [0.717, 1.165) is 5.65 Å². The van der Waals surface area contributed by atoms with Crippen molar-refractivity contribution >= 4 is 21.5 Å². The predicted octanol–water partition coefficient (Wildman–Crippen LogP) is 0.888. The third kappa shape index (κ3) is 5.95. The van der Waals surface area contributed by atoms with Gasteiger partial charge in [0.15, 0.2) is 0 Å². The predicted molar refractivity (Wildman–Crippen MR) is 42.3 cm³/mol. The van der Waals surface area contributed by atoms with Gasteiger partial charge in [0.1, 0.15) is 0 Å². The molecule has 0 aliphatic heterocycles. The quantitative estimate of drug-likeness (QED) is 0.502. The van der Waals surface area contributed by atoms with E-state index in [-0.39, 0.29) is 0 Å². The second-order valence-corrected chi connectivity index (χ2v) is 7.35. The molecule has 0 unspecified atom stereocenters. The summed E-state index contributed by atoms with van der Waals surface area (Å²) in [6.45, 7) is 8.31. The van der Waals surface area contributed by atoms with Crippen LogP contribution in [0.2, 0.25) is 19.6 Å². The van der Waals surface area contributed by atoms with E-state index in [9.17, 15) is 0 Å². The Kier molecular flexibility index (Phi) is 2.47. The third-order valence-electron chi connectivity index (χ3n) is 0.480. The van der Waals surface area contributed by atoms with Gasteiger partial charge in [-0.2, -0.15) is 0 Å². The standard InChI is InChI=1S/C5H13BOSi/c1-5(6)7-8(2,3)4/h6H,1-4H3. The number of rotatable bonds is 2. The van der Waals surface area contributed by atoms with Gasteiger partial charge in [-0.25, -0.2) is 0 Å². The monoisotopic (exact) mass is 128 g/mol. The van der Waals surface area contributed by atoms with Crippen LogP contribution < -0.4 is 0 Å². The van der Waals surface area contributed by atoms with Crippen LogP contribution in [0.5, 0.6) is 0 Å². The fraction of sp³-hybridized carbons (Fsp3) is 0.800. The van der Waals surface area contributed by atoms with Crippen LogP contribution in [0.15, 0.2) is 0 Å². The third-order valence-corrected chi connectivity index (χ3v) is 1.44. The van der Waals surface area contributed by atoms with E-state index in [0.29, 0.717) is 0 Å². The van der Waals surface area contributed by atoms with Gasteiger partial charge in [-0.1, -0.05) is 0 Å². The molecule has 0 amide bonds. The molecule has 0 bridgehead atoms. The van der Waals surface area contributed by atoms with Crippen molar-refractivity contribution in [2.75, 3.05) is 0 Å². The Morgan fingerprint density at radius 2 is 1.75 bits per heavy atom. The normalized spacial score (nSPS) is 10.9. The van der Waals surface area contributed by atoms with Crippen LogP contribution in [-0.4, -0.2) is 21.5 Å². The zero-order chi connectivity index (χ0) is 6.78. The van der Waals surface area contributed by atoms with Crippen LogP contribution in [0.4, 0.5) is 0 Å². The molecule has 0 atom stereocenters. The molecule has 0 aromatic carbocycles. The Labute approximate surface area is 53.3 Å². The van der Waals surface area contributed by atoms with Crippen molar-refractivity contribution in [1.82, 2.24) is 0 Å². The van der Waals surface area contributed by atoms with Crippen LogP contribution in [0.1, 0.15) is 6.92 Å². The van der Waals surface area contributed by atoms with Crippen molar-refractivity contribution in [3.63, 3.8) is 0 Å². The molecule has 1 nitrogen and oxygen atoms in total. The first-order chi connectivity index (χ1) is 3.42. The molecule has 0 fully saturated rings. The molecule has 0 saturated carbocycles. The molecule has 0 aromatic rings. The van der Waals surface area contributed by atoms with Crippen LogP contribution in [0.3, 0.4) is 0 Å². The van der Waals surface area contributed by atoms with Gasteiger partial charge in [0, 0.05) is 0 Å². The summed E-state index contributed by atoms with van der Waals surface area (Å²) in [5.41, 5.74) is 0.837. The number of hydrogen-bond acceptors (Lipinski definition) is 1. The SMILES string of the molecule is B=C(C)O[Si](C)(C)C. The van der Waals surface area contributed by atoms with E-state index in [1.807, 2.05) is 6.92 Å². The molecule has 0 heterocycles. The van der Waals surface area contributed by atoms with Crippen molar-refractivity contribution in [3.8, 4) is 0 Å². The molecule has 46 valence electrons. The average Bonchev–Trinajstić information content (AvgIpc) is 1.21. The summed E-state index contributed by atoms with van der Waals surface area (Å²) >= 11 is 0. The molecule has 0 aliphatic rings. The fourth-order valence-corrected chi connectivity index (χ4v) is 1.57. The Hall–Kier alpha value is -0.0482. The molecule has 8 heavy (non-hydrogen) atoms. The maximum absolute atomic E-state index is 5.38. The number of hydrogen-bond donors (Lipinski definition) is 0. The first-order valence-corrected chi connectivity index (χ1v) is 6.17. The minimum atomic E-state index is -1.32. The van der Waals surface area contributed by atoms with Crippen LogP contribution in [0, 0.1) is 0 Å². The second-order valence-electron chi connectivity index (χ2n) is 2.92. The Balaban J connectivity index is 3.55. The first-order valence-electron chi connectivity index (χ1n) is 2.76. The topological polar surface area (TPSA) is 9.23 Å². The summed E-state index contributed by atoms with van der Waals surface area (Å²) in [5.74, 6) is 0. The maximum atomic E-state index is 5.38. The molecular formula is C5H13BOSi. The van der Waals surface area contributed by atoms with Gasteiger partial charge in [-0.15, -0.1) is 0 Å². The minimum absolute atomic E-state index is 0.837. The van der Waals surface area contributed by atoms with Crippen LogP contribution in [-0.2, 0) is 4.43 Å². The molecule has 3 heteroatoms. The van der Waals surface area contributed by atoms with Gasteiger partial charge in [0.2, 0.25) is 0 Å². The summed E-state index contributed by atoms with van der Waals surface area (Å²) in [5, 5.41) is 0. The molecule has 0 radical (unpaired) electrons. The van der Waals surface area contributed by atoms with Crippen LogP contribution >= 0.6 is 0 Å². The summed E-state index contributed by atoms with van der Waals surface area (Å²) in [7, 11) is 2.33. The fourth-order valence-electron chi connectivity index (χ4n) is 0.523. The average molecular weight is 128 g/mol. The second kappa shape index (κ2) is 2.49. The molecule has 0 rings (SSSR count). The van der Waals surface area contributed by atoms with Crippen molar-refractivity contribution in [2.24, 2.45) is 0 Å². The summed E-state index contributed by atoms with van der Waals surface area (Å²) in [4.78, 5) is 0. The Morgan fingerprint density at radius 3 is 1.75 bits per heavy atom.